The van der Waals surface area contributed by atoms with Crippen LogP contribution in [0.3, 0.4) is 0 Å². The summed E-state index contributed by atoms with van der Waals surface area (Å²) < 4.78 is 24.9. The molecule has 0 aromatic heterocycles. The Morgan fingerprint density at radius 3 is 2.80 bits per heavy atom. The first-order valence-corrected chi connectivity index (χ1v) is 8.17. The number of methoxy groups -OCH3 is 1. The van der Waals surface area contributed by atoms with Gasteiger partial charge in [-0.1, -0.05) is 18.2 Å². The zero-order valence-corrected chi connectivity index (χ0v) is 13.7. The molecule has 2 aromatic carbocycles. The van der Waals surface area contributed by atoms with Crippen molar-refractivity contribution in [1.82, 2.24) is 4.90 Å². The summed E-state index contributed by atoms with van der Waals surface area (Å²) in [6.45, 7) is -0.185. The van der Waals surface area contributed by atoms with Crippen molar-refractivity contribution >= 4 is 6.09 Å². The molecule has 0 saturated carbocycles. The van der Waals surface area contributed by atoms with E-state index >= 15 is 0 Å². The number of benzene rings is 2. The van der Waals surface area contributed by atoms with Gasteiger partial charge in [-0.25, -0.2) is 9.18 Å². The van der Waals surface area contributed by atoms with Crippen molar-refractivity contribution in [1.29, 1.82) is 0 Å². The van der Waals surface area contributed by atoms with Gasteiger partial charge in [-0.05, 0) is 30.7 Å². The smallest absolute Gasteiger partial charge is 0.410 e. The van der Waals surface area contributed by atoms with Crippen LogP contribution in [-0.4, -0.2) is 35.9 Å². The highest BCUT2D eigenvalue weighted by atomic mass is 19.1. The minimum absolute atomic E-state index is 0.115. The predicted octanol–water partition coefficient (Wildman–Crippen LogP) is 3.59. The van der Waals surface area contributed by atoms with Crippen LogP contribution in [0, 0.1) is 5.82 Å². The second-order valence-corrected chi connectivity index (χ2v) is 6.32. The van der Waals surface area contributed by atoms with E-state index in [0.29, 0.717) is 23.5 Å². The molecule has 0 spiro atoms. The number of aliphatic hydroxyl groups excluding tert-OH is 1. The molecule has 1 fully saturated rings. The van der Waals surface area contributed by atoms with Gasteiger partial charge in [0.25, 0.3) is 0 Å². The topological polar surface area (TPSA) is 59.0 Å². The first-order chi connectivity index (χ1) is 12.1. The van der Waals surface area contributed by atoms with Crippen LogP contribution in [0.5, 0.6) is 11.5 Å². The number of amides is 1. The molecule has 0 radical (unpaired) electrons. The summed E-state index contributed by atoms with van der Waals surface area (Å²) in [5.41, 5.74) is 1.52. The van der Waals surface area contributed by atoms with Crippen LogP contribution in [0.25, 0.3) is 0 Å². The van der Waals surface area contributed by atoms with Crippen LogP contribution in [0.4, 0.5) is 9.18 Å². The number of aliphatic hydroxyl groups is 1. The van der Waals surface area contributed by atoms with Gasteiger partial charge in [0.05, 0.1) is 25.8 Å². The molecule has 2 aromatic rings. The number of likely N-dealkylation sites (tertiary alicyclic amines) is 1. The number of halogens is 1. The van der Waals surface area contributed by atoms with Crippen molar-refractivity contribution in [3.63, 3.8) is 0 Å². The number of carbonyl (C=O) groups is 1. The van der Waals surface area contributed by atoms with E-state index in [-0.39, 0.29) is 12.5 Å². The largest absolute Gasteiger partial charge is 0.457 e. The molecule has 130 valence electrons. The minimum atomic E-state index is -0.541. The van der Waals surface area contributed by atoms with Crippen molar-refractivity contribution in [3.8, 4) is 11.5 Å². The molecular weight excluding hydrogens is 325 g/mol. The van der Waals surface area contributed by atoms with Crippen LogP contribution < -0.4 is 4.74 Å². The number of nitrogens with zero attached hydrogens (tertiary/aromatic N) is 1. The Labute approximate surface area is 144 Å². The molecule has 5 nitrogen and oxygen atoms in total. The Kier molecular flexibility index (Phi) is 3.84. The van der Waals surface area contributed by atoms with Gasteiger partial charge in [-0.3, -0.25) is 4.90 Å². The molecule has 0 aliphatic carbocycles. The first kappa shape index (κ1) is 15.9. The Hall–Kier alpha value is -2.60. The van der Waals surface area contributed by atoms with Gasteiger partial charge in [0.1, 0.15) is 17.3 Å². The van der Waals surface area contributed by atoms with Crippen LogP contribution in [0.1, 0.15) is 29.5 Å². The summed E-state index contributed by atoms with van der Waals surface area (Å²) >= 11 is 0. The SMILES string of the molecule is COC(=O)N1C2c3cc(F)ccc3Oc3ccccc3[C@H]2C[C@@H]1CO. The summed E-state index contributed by atoms with van der Waals surface area (Å²) in [7, 11) is 1.30. The molecule has 2 aliphatic heterocycles. The van der Waals surface area contributed by atoms with Crippen LogP contribution in [-0.2, 0) is 4.74 Å². The van der Waals surface area contributed by atoms with Crippen molar-refractivity contribution in [2.45, 2.75) is 24.4 Å². The average Bonchev–Trinajstić information content (AvgIpc) is 2.96. The van der Waals surface area contributed by atoms with Gasteiger partial charge < -0.3 is 14.6 Å². The van der Waals surface area contributed by atoms with Gasteiger partial charge in [0.15, 0.2) is 0 Å². The monoisotopic (exact) mass is 343 g/mol. The third kappa shape index (κ3) is 2.44. The minimum Gasteiger partial charge on any atom is -0.457 e. The fourth-order valence-electron chi connectivity index (χ4n) is 3.99. The number of hydrogen-bond donors (Lipinski definition) is 1. The van der Waals surface area contributed by atoms with Crippen molar-refractivity contribution < 1.29 is 23.8 Å². The number of para-hydroxylation sites is 1. The molecule has 4 rings (SSSR count). The van der Waals surface area contributed by atoms with Gasteiger partial charge in [0, 0.05) is 17.0 Å². The lowest BCUT2D eigenvalue weighted by Crippen LogP contribution is -2.39. The standard InChI is InChI=1S/C19H18FNO4/c1-24-19(23)21-12(10-22)9-14-13-4-2-3-5-16(13)25-17-7-6-11(20)8-15(17)18(14)21/h2-8,12,14,18,22H,9-10H2,1H3/t12-,14-,18?/m1/s1. The Balaban J connectivity index is 1.94. The van der Waals surface area contributed by atoms with E-state index in [4.69, 9.17) is 9.47 Å². The van der Waals surface area contributed by atoms with Gasteiger partial charge in [-0.2, -0.15) is 0 Å². The van der Waals surface area contributed by atoms with Gasteiger partial charge in [0.2, 0.25) is 0 Å². The fourth-order valence-corrected chi connectivity index (χ4v) is 3.99. The number of rotatable bonds is 1. The van der Waals surface area contributed by atoms with Gasteiger partial charge in [-0.15, -0.1) is 0 Å². The maximum Gasteiger partial charge on any atom is 0.410 e. The molecule has 3 atom stereocenters. The molecule has 1 saturated heterocycles. The number of carbonyl (C=O) groups excluding carboxylic acids is 1. The van der Waals surface area contributed by atoms with Crippen LogP contribution >= 0.6 is 0 Å². The zero-order valence-electron chi connectivity index (χ0n) is 13.7. The highest BCUT2D eigenvalue weighted by molar-refractivity contribution is 5.70. The van der Waals surface area contributed by atoms with E-state index in [9.17, 15) is 14.3 Å². The van der Waals surface area contributed by atoms with Crippen molar-refractivity contribution in [3.05, 3.63) is 59.4 Å². The summed E-state index contributed by atoms with van der Waals surface area (Å²) in [6, 6.07) is 11.0. The fraction of sp³-hybridized carbons (Fsp3) is 0.316. The molecule has 6 heteroatoms. The molecular formula is C19H18FNO4. The highest BCUT2D eigenvalue weighted by Gasteiger charge is 2.48. The summed E-state index contributed by atoms with van der Waals surface area (Å²) in [5.74, 6) is 0.680. The number of fused-ring (bicyclic) bond motifs is 5. The second kappa shape index (κ2) is 6.04. The molecule has 1 N–H and O–H groups in total. The van der Waals surface area contributed by atoms with E-state index in [0.717, 1.165) is 5.56 Å². The molecule has 25 heavy (non-hydrogen) atoms. The molecule has 2 heterocycles. The molecule has 0 bridgehead atoms. The predicted molar refractivity (Wildman–Crippen MR) is 88.1 cm³/mol. The normalized spacial score (nSPS) is 23.8. The summed E-state index contributed by atoms with van der Waals surface area (Å²) in [6.07, 6.45) is 0.00760. The van der Waals surface area contributed by atoms with Crippen LogP contribution in [0.2, 0.25) is 0 Å². The zero-order chi connectivity index (χ0) is 17.6. The lowest BCUT2D eigenvalue weighted by Gasteiger charge is -2.29. The molecule has 1 amide bonds. The first-order valence-electron chi connectivity index (χ1n) is 8.17. The van der Waals surface area contributed by atoms with Crippen molar-refractivity contribution in [2.75, 3.05) is 13.7 Å². The Morgan fingerprint density at radius 1 is 1.28 bits per heavy atom. The number of ether oxygens (including phenoxy) is 2. The van der Waals surface area contributed by atoms with Crippen LogP contribution in [0.15, 0.2) is 42.5 Å². The van der Waals surface area contributed by atoms with E-state index < -0.39 is 24.0 Å². The van der Waals surface area contributed by atoms with E-state index in [1.165, 1.54) is 24.1 Å². The summed E-state index contributed by atoms with van der Waals surface area (Å²) in [5, 5.41) is 9.79. The lowest BCUT2D eigenvalue weighted by atomic mass is 9.87. The second-order valence-electron chi connectivity index (χ2n) is 6.32. The van der Waals surface area contributed by atoms with Crippen molar-refractivity contribution in [2.24, 2.45) is 0 Å². The molecule has 1 unspecified atom stereocenters. The molecule has 2 aliphatic rings. The Morgan fingerprint density at radius 2 is 2.04 bits per heavy atom. The lowest BCUT2D eigenvalue weighted by molar-refractivity contribution is 0.0836. The Bertz CT molecular complexity index is 825. The third-order valence-electron chi connectivity index (χ3n) is 5.03. The summed E-state index contributed by atoms with van der Waals surface area (Å²) in [4.78, 5) is 13.9. The van der Waals surface area contributed by atoms with E-state index in [2.05, 4.69) is 0 Å². The quantitative estimate of drug-likeness (QED) is 0.860. The van der Waals surface area contributed by atoms with E-state index in [1.807, 2.05) is 24.3 Å². The maximum atomic E-state index is 14.0. The maximum absolute atomic E-state index is 14.0. The average molecular weight is 343 g/mol. The van der Waals surface area contributed by atoms with E-state index in [1.54, 1.807) is 6.07 Å². The number of hydrogen-bond acceptors (Lipinski definition) is 4. The van der Waals surface area contributed by atoms with Gasteiger partial charge >= 0.3 is 6.09 Å². The highest BCUT2D eigenvalue weighted by Crippen LogP contribution is 2.54. The third-order valence-corrected chi connectivity index (χ3v) is 5.03.